The van der Waals surface area contributed by atoms with Crippen molar-refractivity contribution < 1.29 is 4.79 Å². The minimum Gasteiger partial charge on any atom is -0.354 e. The van der Waals surface area contributed by atoms with Crippen LogP contribution < -0.4 is 5.32 Å². The number of hydrogen-bond acceptors (Lipinski definition) is 3. The predicted octanol–water partition coefficient (Wildman–Crippen LogP) is 2.60. The van der Waals surface area contributed by atoms with Crippen LogP contribution in [0.15, 0.2) is 0 Å². The SMILES string of the molecule is Cc1nn(C)c(C)c1CCC(=O)NCC(C)(C)N1CCC[C@H](C)C1. The van der Waals surface area contributed by atoms with Crippen molar-refractivity contribution in [3.8, 4) is 0 Å². The summed E-state index contributed by atoms with van der Waals surface area (Å²) in [6, 6.07) is 0. The molecule has 5 nitrogen and oxygen atoms in total. The number of amides is 1. The molecule has 0 aliphatic carbocycles. The van der Waals surface area contributed by atoms with Gasteiger partial charge in [-0.2, -0.15) is 5.10 Å². The number of nitrogens with one attached hydrogen (secondary N) is 1. The molecule has 1 aliphatic heterocycles. The largest absolute Gasteiger partial charge is 0.354 e. The first-order chi connectivity index (χ1) is 11.2. The van der Waals surface area contributed by atoms with Gasteiger partial charge in [0.15, 0.2) is 0 Å². The average Bonchev–Trinajstić information content (AvgIpc) is 2.76. The van der Waals surface area contributed by atoms with Crippen LogP contribution in [0.3, 0.4) is 0 Å². The molecular weight excluding hydrogens is 300 g/mol. The van der Waals surface area contributed by atoms with Crippen LogP contribution in [-0.2, 0) is 18.3 Å². The quantitative estimate of drug-likeness (QED) is 0.870. The lowest BCUT2D eigenvalue weighted by atomic mass is 9.93. The number of piperidine rings is 1. The van der Waals surface area contributed by atoms with E-state index in [1.807, 2.05) is 18.7 Å². The molecule has 0 aromatic carbocycles. The molecule has 0 spiro atoms. The summed E-state index contributed by atoms with van der Waals surface area (Å²) in [5.41, 5.74) is 3.41. The Bertz CT molecular complexity index is 576. The Morgan fingerprint density at radius 1 is 1.38 bits per heavy atom. The van der Waals surface area contributed by atoms with Crippen molar-refractivity contribution in [1.82, 2.24) is 20.0 Å². The minimum absolute atomic E-state index is 0.0183. The highest BCUT2D eigenvalue weighted by Gasteiger charge is 2.30. The third-order valence-corrected chi connectivity index (χ3v) is 5.49. The zero-order valence-electron chi connectivity index (χ0n) is 16.3. The first kappa shape index (κ1) is 19.0. The fourth-order valence-corrected chi connectivity index (χ4v) is 3.67. The first-order valence-electron chi connectivity index (χ1n) is 9.21. The van der Waals surface area contributed by atoms with Gasteiger partial charge < -0.3 is 5.32 Å². The summed E-state index contributed by atoms with van der Waals surface area (Å²) >= 11 is 0. The summed E-state index contributed by atoms with van der Waals surface area (Å²) in [4.78, 5) is 14.8. The van der Waals surface area contributed by atoms with E-state index in [1.54, 1.807) is 0 Å². The van der Waals surface area contributed by atoms with Gasteiger partial charge >= 0.3 is 0 Å². The third-order valence-electron chi connectivity index (χ3n) is 5.49. The smallest absolute Gasteiger partial charge is 0.220 e. The number of carbonyl (C=O) groups excluding carboxylic acids is 1. The third kappa shape index (κ3) is 4.59. The number of aryl methyl sites for hydroxylation is 2. The van der Waals surface area contributed by atoms with Crippen LogP contribution in [0.2, 0.25) is 0 Å². The molecule has 136 valence electrons. The highest BCUT2D eigenvalue weighted by atomic mass is 16.1. The summed E-state index contributed by atoms with van der Waals surface area (Å²) in [6.45, 7) is 13.9. The van der Waals surface area contributed by atoms with Crippen molar-refractivity contribution in [1.29, 1.82) is 0 Å². The molecule has 1 saturated heterocycles. The molecule has 1 atom stereocenters. The van der Waals surface area contributed by atoms with Gasteiger partial charge in [-0.05, 0) is 65.0 Å². The van der Waals surface area contributed by atoms with Crippen molar-refractivity contribution in [3.05, 3.63) is 17.0 Å². The maximum Gasteiger partial charge on any atom is 0.220 e. The standard InChI is InChI=1S/C19H34N4O/c1-14-8-7-11-23(12-14)19(4,5)13-20-18(24)10-9-17-15(2)21-22(6)16(17)3/h14H,7-13H2,1-6H3,(H,20,24)/t14-/m0/s1. The highest BCUT2D eigenvalue weighted by Crippen LogP contribution is 2.23. The molecule has 1 fully saturated rings. The molecule has 24 heavy (non-hydrogen) atoms. The van der Waals surface area contributed by atoms with Crippen LogP contribution in [0.4, 0.5) is 0 Å². The number of carbonyl (C=O) groups is 1. The van der Waals surface area contributed by atoms with Crippen molar-refractivity contribution in [2.24, 2.45) is 13.0 Å². The normalized spacial score (nSPS) is 19.5. The van der Waals surface area contributed by atoms with E-state index in [-0.39, 0.29) is 11.4 Å². The average molecular weight is 335 g/mol. The van der Waals surface area contributed by atoms with Gasteiger partial charge in [-0.25, -0.2) is 0 Å². The van der Waals surface area contributed by atoms with Crippen LogP contribution in [-0.4, -0.2) is 45.8 Å². The van der Waals surface area contributed by atoms with Gasteiger partial charge in [0, 0.05) is 37.8 Å². The molecule has 0 saturated carbocycles. The Kier molecular flexibility index (Phi) is 6.07. The zero-order valence-corrected chi connectivity index (χ0v) is 16.3. The minimum atomic E-state index is 0.0183. The Labute approximate surface area is 146 Å². The summed E-state index contributed by atoms with van der Waals surface area (Å²) in [6.07, 6.45) is 3.87. The van der Waals surface area contributed by atoms with Crippen molar-refractivity contribution in [3.63, 3.8) is 0 Å². The molecule has 0 unspecified atom stereocenters. The van der Waals surface area contributed by atoms with Crippen molar-refractivity contribution in [2.45, 2.75) is 65.8 Å². The van der Waals surface area contributed by atoms with E-state index in [0.717, 1.165) is 36.8 Å². The Morgan fingerprint density at radius 3 is 2.67 bits per heavy atom. The summed E-state index contributed by atoms with van der Waals surface area (Å²) < 4.78 is 1.89. The number of nitrogens with zero attached hydrogens (tertiary/aromatic N) is 3. The van der Waals surface area contributed by atoms with Gasteiger partial charge in [0.1, 0.15) is 0 Å². The molecule has 5 heteroatoms. The second kappa shape index (κ2) is 7.68. The van der Waals surface area contributed by atoms with E-state index in [4.69, 9.17) is 0 Å². The molecule has 2 heterocycles. The molecule has 1 aromatic heterocycles. The maximum absolute atomic E-state index is 12.3. The van der Waals surface area contributed by atoms with E-state index in [9.17, 15) is 4.79 Å². The van der Waals surface area contributed by atoms with Crippen LogP contribution in [0, 0.1) is 19.8 Å². The first-order valence-corrected chi connectivity index (χ1v) is 9.21. The van der Waals surface area contributed by atoms with Crippen LogP contribution in [0.5, 0.6) is 0 Å². The van der Waals surface area contributed by atoms with E-state index in [0.29, 0.717) is 13.0 Å². The molecule has 1 amide bonds. The van der Waals surface area contributed by atoms with Gasteiger partial charge in [-0.1, -0.05) is 6.92 Å². The topological polar surface area (TPSA) is 50.2 Å². The van der Waals surface area contributed by atoms with Crippen molar-refractivity contribution in [2.75, 3.05) is 19.6 Å². The van der Waals surface area contributed by atoms with Crippen LogP contribution in [0.25, 0.3) is 0 Å². The van der Waals surface area contributed by atoms with Gasteiger partial charge in [0.05, 0.1) is 5.69 Å². The molecule has 0 radical (unpaired) electrons. The predicted molar refractivity (Wildman–Crippen MR) is 98.1 cm³/mol. The molecular formula is C19H34N4O. The van der Waals surface area contributed by atoms with E-state index in [2.05, 4.69) is 43.0 Å². The Hall–Kier alpha value is -1.36. The van der Waals surface area contributed by atoms with Gasteiger partial charge in [0.2, 0.25) is 5.91 Å². The van der Waals surface area contributed by atoms with E-state index < -0.39 is 0 Å². The Balaban J connectivity index is 1.82. The number of rotatable bonds is 6. The molecule has 2 rings (SSSR count). The fraction of sp³-hybridized carbons (Fsp3) is 0.789. The summed E-state index contributed by atoms with van der Waals surface area (Å²) in [5.74, 6) is 0.890. The van der Waals surface area contributed by atoms with E-state index >= 15 is 0 Å². The summed E-state index contributed by atoms with van der Waals surface area (Å²) in [7, 11) is 1.95. The van der Waals surface area contributed by atoms with Crippen molar-refractivity contribution >= 4 is 5.91 Å². The Morgan fingerprint density at radius 2 is 2.08 bits per heavy atom. The van der Waals surface area contributed by atoms with E-state index in [1.165, 1.54) is 18.4 Å². The van der Waals surface area contributed by atoms with Crippen LogP contribution >= 0.6 is 0 Å². The lowest BCUT2D eigenvalue weighted by molar-refractivity contribution is -0.121. The summed E-state index contributed by atoms with van der Waals surface area (Å²) in [5, 5.41) is 7.56. The second-order valence-corrected chi connectivity index (χ2v) is 8.06. The molecule has 1 N–H and O–H groups in total. The van der Waals surface area contributed by atoms with Gasteiger partial charge in [0.25, 0.3) is 0 Å². The maximum atomic E-state index is 12.3. The number of hydrogen-bond donors (Lipinski definition) is 1. The second-order valence-electron chi connectivity index (χ2n) is 8.06. The molecule has 0 bridgehead atoms. The van der Waals surface area contributed by atoms with Crippen LogP contribution in [0.1, 0.15) is 57.0 Å². The number of aromatic nitrogens is 2. The highest BCUT2D eigenvalue weighted by molar-refractivity contribution is 5.76. The van der Waals surface area contributed by atoms with Gasteiger partial charge in [-0.15, -0.1) is 0 Å². The monoisotopic (exact) mass is 334 g/mol. The zero-order chi connectivity index (χ0) is 17.9. The number of likely N-dealkylation sites (tertiary alicyclic amines) is 1. The molecule has 1 aliphatic rings. The van der Waals surface area contributed by atoms with Gasteiger partial charge in [-0.3, -0.25) is 14.4 Å². The fourth-order valence-electron chi connectivity index (χ4n) is 3.67. The lowest BCUT2D eigenvalue weighted by Gasteiger charge is -2.43. The lowest BCUT2D eigenvalue weighted by Crippen LogP contribution is -2.54. The molecule has 1 aromatic rings.